The monoisotopic (exact) mass is 194 g/mol. The van der Waals surface area contributed by atoms with Crippen LogP contribution in [0.2, 0.25) is 0 Å². The molecule has 0 radical (unpaired) electrons. The van der Waals surface area contributed by atoms with Gasteiger partial charge in [-0.05, 0) is 12.1 Å². The number of alkyl halides is 3. The molecule has 13 heavy (non-hydrogen) atoms. The van der Waals surface area contributed by atoms with Crippen LogP contribution in [0.3, 0.4) is 0 Å². The van der Waals surface area contributed by atoms with E-state index in [4.69, 9.17) is 5.11 Å². The fourth-order valence-electron chi connectivity index (χ4n) is 0.852. The highest BCUT2D eigenvalue weighted by Gasteiger charge is 2.30. The third kappa shape index (κ3) is 2.18. The molecule has 0 amide bonds. The van der Waals surface area contributed by atoms with Gasteiger partial charge in [0.25, 0.3) is 0 Å². The van der Waals surface area contributed by atoms with Gasteiger partial charge in [0.1, 0.15) is 5.82 Å². The lowest BCUT2D eigenvalue weighted by molar-refractivity contribution is -0.137. The number of hydrogen-bond donors (Lipinski definition) is 1. The summed E-state index contributed by atoms with van der Waals surface area (Å²) < 4.78 is 48.6. The first-order chi connectivity index (χ1) is 5.95. The standard InChI is InChI=1S/C8H6F4O/c9-7-3-6(8(10,11)12)2-1-5(7)4-13/h1-3,13H,4H2. The Morgan fingerprint density at radius 2 is 1.85 bits per heavy atom. The van der Waals surface area contributed by atoms with Gasteiger partial charge >= 0.3 is 6.18 Å². The van der Waals surface area contributed by atoms with Gasteiger partial charge in [0.05, 0.1) is 12.2 Å². The second-order valence-electron chi connectivity index (χ2n) is 2.46. The molecule has 0 unspecified atom stereocenters. The minimum Gasteiger partial charge on any atom is -0.392 e. The summed E-state index contributed by atoms with van der Waals surface area (Å²) in [6, 6.07) is 2.01. The number of benzene rings is 1. The average Bonchev–Trinajstić information content (AvgIpc) is 2.02. The molecule has 0 saturated heterocycles. The van der Waals surface area contributed by atoms with Crippen molar-refractivity contribution >= 4 is 0 Å². The van der Waals surface area contributed by atoms with Crippen molar-refractivity contribution in [1.82, 2.24) is 0 Å². The highest BCUT2D eigenvalue weighted by Crippen LogP contribution is 2.30. The van der Waals surface area contributed by atoms with Crippen LogP contribution in [0.1, 0.15) is 11.1 Å². The van der Waals surface area contributed by atoms with E-state index in [2.05, 4.69) is 0 Å². The SMILES string of the molecule is OCc1ccc(C(F)(F)F)cc1F. The molecule has 0 bridgehead atoms. The highest BCUT2D eigenvalue weighted by atomic mass is 19.4. The molecule has 5 heteroatoms. The van der Waals surface area contributed by atoms with Crippen molar-refractivity contribution in [2.75, 3.05) is 0 Å². The molecule has 0 heterocycles. The predicted molar refractivity (Wildman–Crippen MR) is 37.3 cm³/mol. The molecule has 1 N–H and O–H groups in total. The van der Waals surface area contributed by atoms with E-state index in [1.165, 1.54) is 0 Å². The van der Waals surface area contributed by atoms with Crippen LogP contribution >= 0.6 is 0 Å². The zero-order valence-corrected chi connectivity index (χ0v) is 6.40. The molecule has 72 valence electrons. The Hall–Kier alpha value is -1.10. The smallest absolute Gasteiger partial charge is 0.392 e. The number of aliphatic hydroxyl groups is 1. The van der Waals surface area contributed by atoms with Crippen LogP contribution in [-0.4, -0.2) is 5.11 Å². The Bertz CT molecular complexity index is 306. The molecule has 0 aromatic heterocycles. The molecule has 0 aliphatic rings. The zero-order chi connectivity index (χ0) is 10.1. The number of halogens is 4. The minimum absolute atomic E-state index is 0.145. The summed E-state index contributed by atoms with van der Waals surface area (Å²) in [7, 11) is 0. The molecule has 1 aromatic carbocycles. The molecule has 0 aliphatic carbocycles. The molecule has 0 spiro atoms. The number of aliphatic hydroxyl groups excluding tert-OH is 1. The molecule has 0 atom stereocenters. The lowest BCUT2D eigenvalue weighted by atomic mass is 10.1. The topological polar surface area (TPSA) is 20.2 Å². The molecule has 0 aliphatic heterocycles. The van der Waals surface area contributed by atoms with Crippen LogP contribution in [0.5, 0.6) is 0 Å². The van der Waals surface area contributed by atoms with Gasteiger partial charge in [0.15, 0.2) is 0 Å². The first-order valence-corrected chi connectivity index (χ1v) is 3.41. The molecular formula is C8H6F4O. The van der Waals surface area contributed by atoms with Crippen LogP contribution in [-0.2, 0) is 12.8 Å². The van der Waals surface area contributed by atoms with Crippen LogP contribution in [0.4, 0.5) is 17.6 Å². The predicted octanol–water partition coefficient (Wildman–Crippen LogP) is 2.34. The first kappa shape index (κ1) is 9.98. The van der Waals surface area contributed by atoms with Crippen molar-refractivity contribution in [3.05, 3.63) is 35.1 Å². The largest absolute Gasteiger partial charge is 0.416 e. The summed E-state index contributed by atoms with van der Waals surface area (Å²) in [5.74, 6) is -1.04. The van der Waals surface area contributed by atoms with Gasteiger partial charge in [-0.3, -0.25) is 0 Å². The maximum absolute atomic E-state index is 12.7. The zero-order valence-electron chi connectivity index (χ0n) is 6.40. The quantitative estimate of drug-likeness (QED) is 0.680. The summed E-state index contributed by atoms with van der Waals surface area (Å²) in [6.07, 6.45) is -4.55. The highest BCUT2D eigenvalue weighted by molar-refractivity contribution is 5.25. The van der Waals surface area contributed by atoms with Gasteiger partial charge < -0.3 is 5.11 Å². The molecule has 1 nitrogen and oxygen atoms in total. The third-order valence-corrected chi connectivity index (χ3v) is 1.55. The Balaban J connectivity index is 3.10. The van der Waals surface area contributed by atoms with Crippen molar-refractivity contribution in [3.63, 3.8) is 0 Å². The summed E-state index contributed by atoms with van der Waals surface area (Å²) in [4.78, 5) is 0. The van der Waals surface area contributed by atoms with Crippen molar-refractivity contribution < 1.29 is 22.7 Å². The van der Waals surface area contributed by atoms with Gasteiger partial charge in [-0.1, -0.05) is 6.07 Å². The maximum Gasteiger partial charge on any atom is 0.416 e. The summed E-state index contributed by atoms with van der Waals surface area (Å²) >= 11 is 0. The lowest BCUT2D eigenvalue weighted by Gasteiger charge is -2.07. The van der Waals surface area contributed by atoms with Gasteiger partial charge in [-0.25, -0.2) is 4.39 Å². The fourth-order valence-corrected chi connectivity index (χ4v) is 0.852. The Morgan fingerprint density at radius 3 is 2.23 bits per heavy atom. The van der Waals surface area contributed by atoms with Crippen LogP contribution in [0, 0.1) is 5.82 Å². The molecule has 1 aromatic rings. The van der Waals surface area contributed by atoms with E-state index in [0.29, 0.717) is 6.07 Å². The van der Waals surface area contributed by atoms with Gasteiger partial charge in [-0.2, -0.15) is 13.2 Å². The Kier molecular flexibility index (Phi) is 2.56. The van der Waals surface area contributed by atoms with E-state index in [-0.39, 0.29) is 5.56 Å². The van der Waals surface area contributed by atoms with E-state index < -0.39 is 24.2 Å². The van der Waals surface area contributed by atoms with Gasteiger partial charge in [0.2, 0.25) is 0 Å². The van der Waals surface area contributed by atoms with E-state index in [9.17, 15) is 17.6 Å². The second-order valence-corrected chi connectivity index (χ2v) is 2.46. The Labute approximate surface area is 71.6 Å². The normalized spacial score (nSPS) is 11.8. The van der Waals surface area contributed by atoms with Crippen LogP contribution < -0.4 is 0 Å². The number of hydrogen-bond acceptors (Lipinski definition) is 1. The number of rotatable bonds is 1. The fraction of sp³-hybridized carbons (Fsp3) is 0.250. The summed E-state index contributed by atoms with van der Waals surface area (Å²) in [6.45, 7) is -0.607. The summed E-state index contributed by atoms with van der Waals surface area (Å²) in [5, 5.41) is 8.49. The first-order valence-electron chi connectivity index (χ1n) is 3.41. The molecule has 1 rings (SSSR count). The molecule has 0 saturated carbocycles. The minimum atomic E-state index is -4.55. The van der Waals surface area contributed by atoms with E-state index >= 15 is 0 Å². The van der Waals surface area contributed by atoms with Crippen molar-refractivity contribution in [2.45, 2.75) is 12.8 Å². The summed E-state index contributed by atoms with van der Waals surface area (Å²) in [5.41, 5.74) is -1.20. The van der Waals surface area contributed by atoms with E-state index in [1.807, 2.05) is 0 Å². The van der Waals surface area contributed by atoms with Crippen LogP contribution in [0.25, 0.3) is 0 Å². The van der Waals surface area contributed by atoms with Gasteiger partial charge in [-0.15, -0.1) is 0 Å². The van der Waals surface area contributed by atoms with Crippen LogP contribution in [0.15, 0.2) is 18.2 Å². The molecular weight excluding hydrogens is 188 g/mol. The lowest BCUT2D eigenvalue weighted by Crippen LogP contribution is -2.06. The van der Waals surface area contributed by atoms with Crippen molar-refractivity contribution in [3.8, 4) is 0 Å². The second kappa shape index (κ2) is 3.33. The average molecular weight is 194 g/mol. The van der Waals surface area contributed by atoms with Crippen molar-refractivity contribution in [2.24, 2.45) is 0 Å². The van der Waals surface area contributed by atoms with E-state index in [0.717, 1.165) is 12.1 Å². The van der Waals surface area contributed by atoms with Crippen molar-refractivity contribution in [1.29, 1.82) is 0 Å². The van der Waals surface area contributed by atoms with Gasteiger partial charge in [0, 0.05) is 5.56 Å². The third-order valence-electron chi connectivity index (χ3n) is 1.55. The molecule has 0 fully saturated rings. The maximum atomic E-state index is 12.7. The van der Waals surface area contributed by atoms with E-state index in [1.54, 1.807) is 0 Å². The Morgan fingerprint density at radius 1 is 1.23 bits per heavy atom.